The molecule has 0 saturated carbocycles. The molecule has 0 heterocycles. The maximum atomic E-state index is 12.9. The van der Waals surface area contributed by atoms with Gasteiger partial charge in [0.2, 0.25) is 5.91 Å². The number of carboxylic acids is 1. The van der Waals surface area contributed by atoms with Crippen molar-refractivity contribution in [1.29, 1.82) is 0 Å². The third-order valence-electron chi connectivity index (χ3n) is 5.64. The molecule has 34 heavy (non-hydrogen) atoms. The Balaban J connectivity index is 1.85. The molecule has 1 aliphatic carbocycles. The van der Waals surface area contributed by atoms with Crippen LogP contribution in [0.3, 0.4) is 0 Å². The number of fused-ring (bicyclic) bond motifs is 3. The monoisotopic (exact) mass is 490 g/mol. The third kappa shape index (κ3) is 5.79. The summed E-state index contributed by atoms with van der Waals surface area (Å²) in [5.41, 5.74) is 9.20. The number of amides is 2. The molecule has 0 aliphatic heterocycles. The first-order valence-corrected chi connectivity index (χ1v) is 12.3. The lowest BCUT2D eigenvalue weighted by atomic mass is 9.98. The Morgan fingerprint density at radius 3 is 2.06 bits per heavy atom. The maximum Gasteiger partial charge on any atom is 0.417 e. The summed E-state index contributed by atoms with van der Waals surface area (Å²) in [6, 6.07) is 13.5. The van der Waals surface area contributed by atoms with Crippen LogP contribution >= 0.6 is 0 Å². The van der Waals surface area contributed by atoms with Crippen molar-refractivity contribution >= 4 is 28.1 Å². The van der Waals surface area contributed by atoms with Gasteiger partial charge in [0, 0.05) is 5.92 Å². The van der Waals surface area contributed by atoms with Gasteiger partial charge in [0.15, 0.2) is 5.75 Å². The molecule has 0 spiro atoms. The number of unbranched alkanes of at least 4 members (excludes halogenated alkanes) is 1. The lowest BCUT2D eigenvalue weighted by molar-refractivity contribution is -0.148. The number of aliphatic carboxylic acids is 1. The molecule has 1 aliphatic rings. The van der Waals surface area contributed by atoms with Crippen molar-refractivity contribution in [2.24, 2.45) is 5.73 Å². The van der Waals surface area contributed by atoms with Gasteiger partial charge in [0.05, 0.1) is 0 Å². The Bertz CT molecular complexity index is 1140. The van der Waals surface area contributed by atoms with E-state index in [9.17, 15) is 27.9 Å². The molecule has 0 saturated heterocycles. The van der Waals surface area contributed by atoms with Gasteiger partial charge in [-0.05, 0) is 48.1 Å². The minimum Gasteiger partial charge on any atom is -0.480 e. The van der Waals surface area contributed by atoms with E-state index >= 15 is 0 Å². The molecular formula is C23H26N2O8S. The molecular weight excluding hydrogens is 464 g/mol. The molecule has 0 unspecified atom stereocenters. The van der Waals surface area contributed by atoms with E-state index < -0.39 is 39.9 Å². The second-order valence-corrected chi connectivity index (χ2v) is 9.38. The number of nitrogens with zero attached hydrogens (tertiary/aromatic N) is 1. The molecule has 2 amide bonds. The summed E-state index contributed by atoms with van der Waals surface area (Å²) in [5, 5.41) is 9.63. The Kier molecular flexibility index (Phi) is 8.02. The highest BCUT2D eigenvalue weighted by Gasteiger charge is 2.38. The molecule has 0 radical (unpaired) electrons. The van der Waals surface area contributed by atoms with Crippen LogP contribution in [0.15, 0.2) is 48.5 Å². The van der Waals surface area contributed by atoms with Crippen molar-refractivity contribution in [1.82, 2.24) is 4.90 Å². The van der Waals surface area contributed by atoms with Crippen LogP contribution in [0.25, 0.3) is 11.1 Å². The minimum atomic E-state index is -4.81. The lowest BCUT2D eigenvalue weighted by Crippen LogP contribution is -2.51. The fourth-order valence-corrected chi connectivity index (χ4v) is 4.59. The number of carbonyl (C=O) groups is 3. The number of imide groups is 1. The van der Waals surface area contributed by atoms with E-state index in [1.807, 2.05) is 48.5 Å². The third-order valence-corrected chi connectivity index (χ3v) is 6.25. The number of nitrogens with two attached hydrogens (primary N) is 1. The topological polar surface area (TPSA) is 164 Å². The van der Waals surface area contributed by atoms with Crippen molar-refractivity contribution in [3.63, 3.8) is 0 Å². The van der Waals surface area contributed by atoms with E-state index in [1.54, 1.807) is 0 Å². The SMILES string of the molecule is NCCCC[C@@H](C(=O)O)N(C(=O)CS(=O)(=O)O)C(=O)OCC1c2ccccc2-c2ccccc21. The van der Waals surface area contributed by atoms with Crippen LogP contribution < -0.4 is 5.73 Å². The molecule has 10 nitrogen and oxygen atoms in total. The Labute approximate surface area is 197 Å². The van der Waals surface area contributed by atoms with Crippen LogP contribution in [0, 0.1) is 0 Å². The molecule has 1 atom stereocenters. The van der Waals surface area contributed by atoms with E-state index in [2.05, 4.69) is 0 Å². The van der Waals surface area contributed by atoms with Gasteiger partial charge in [-0.2, -0.15) is 8.42 Å². The van der Waals surface area contributed by atoms with Crippen LogP contribution in [-0.2, 0) is 24.4 Å². The number of carbonyl (C=O) groups excluding carboxylic acids is 2. The normalized spacial score (nSPS) is 13.6. The van der Waals surface area contributed by atoms with Gasteiger partial charge < -0.3 is 15.6 Å². The Hall–Kier alpha value is -3.28. The van der Waals surface area contributed by atoms with E-state index in [-0.39, 0.29) is 36.8 Å². The number of benzene rings is 2. The summed E-state index contributed by atoms with van der Waals surface area (Å²) in [7, 11) is -4.81. The first-order chi connectivity index (χ1) is 16.1. The number of hydrogen-bond acceptors (Lipinski definition) is 7. The number of rotatable bonds is 10. The number of carboxylic acid groups (broad SMARTS) is 1. The van der Waals surface area contributed by atoms with Gasteiger partial charge in [0.25, 0.3) is 10.1 Å². The van der Waals surface area contributed by atoms with Gasteiger partial charge in [0.1, 0.15) is 12.6 Å². The summed E-state index contributed by atoms with van der Waals surface area (Å²) < 4.78 is 37.0. The molecule has 2 aromatic rings. The fraction of sp³-hybridized carbons (Fsp3) is 0.348. The van der Waals surface area contributed by atoms with E-state index in [0.29, 0.717) is 6.42 Å². The average Bonchev–Trinajstić information content (AvgIpc) is 3.09. The van der Waals surface area contributed by atoms with Gasteiger partial charge >= 0.3 is 12.1 Å². The Morgan fingerprint density at radius 1 is 1.00 bits per heavy atom. The van der Waals surface area contributed by atoms with Crippen LogP contribution in [-0.4, -0.2) is 65.9 Å². The van der Waals surface area contributed by atoms with Gasteiger partial charge in [-0.25, -0.2) is 14.5 Å². The second-order valence-electron chi connectivity index (χ2n) is 7.93. The number of ether oxygens (including phenoxy) is 1. The molecule has 2 aromatic carbocycles. The number of hydrogen-bond donors (Lipinski definition) is 3. The van der Waals surface area contributed by atoms with Crippen LogP contribution in [0.5, 0.6) is 0 Å². The zero-order valence-electron chi connectivity index (χ0n) is 18.3. The highest BCUT2D eigenvalue weighted by molar-refractivity contribution is 7.86. The zero-order valence-corrected chi connectivity index (χ0v) is 19.1. The second kappa shape index (κ2) is 10.8. The predicted octanol–water partition coefficient (Wildman–Crippen LogP) is 2.23. The van der Waals surface area contributed by atoms with E-state index in [4.69, 9.17) is 15.0 Å². The highest BCUT2D eigenvalue weighted by Crippen LogP contribution is 2.44. The summed E-state index contributed by atoms with van der Waals surface area (Å²) >= 11 is 0. The molecule has 3 rings (SSSR count). The van der Waals surface area contributed by atoms with Crippen molar-refractivity contribution in [2.45, 2.75) is 31.2 Å². The first-order valence-electron chi connectivity index (χ1n) is 10.7. The van der Waals surface area contributed by atoms with E-state index in [1.165, 1.54) is 0 Å². The van der Waals surface area contributed by atoms with Crippen molar-refractivity contribution in [3.05, 3.63) is 59.7 Å². The van der Waals surface area contributed by atoms with Crippen molar-refractivity contribution in [3.8, 4) is 11.1 Å². The van der Waals surface area contributed by atoms with Crippen LogP contribution in [0.2, 0.25) is 0 Å². The molecule has 4 N–H and O–H groups in total. The summed E-state index contributed by atoms with van der Waals surface area (Å²) in [5.74, 6) is -4.69. The first kappa shape index (κ1) is 25.3. The lowest BCUT2D eigenvalue weighted by Gasteiger charge is -2.27. The summed E-state index contributed by atoms with van der Waals surface area (Å²) in [6.45, 7) is 0.0773. The molecule has 0 bridgehead atoms. The zero-order chi connectivity index (χ0) is 24.9. The van der Waals surface area contributed by atoms with Crippen molar-refractivity contribution in [2.75, 3.05) is 18.9 Å². The average molecular weight is 491 g/mol. The standard InChI is InChI=1S/C23H26N2O8S/c24-12-6-5-11-20(22(27)28)25(21(26)14-34(30,31)32)23(29)33-13-19-17-9-3-1-7-15(17)16-8-2-4-10-18(16)19/h1-4,7-10,19-20H,5-6,11-14,24H2,(H,27,28)(H,30,31,32)/t20-/m0/s1. The van der Waals surface area contributed by atoms with Gasteiger partial charge in [-0.1, -0.05) is 48.5 Å². The molecule has 0 fully saturated rings. The van der Waals surface area contributed by atoms with Crippen LogP contribution in [0.4, 0.5) is 4.79 Å². The Morgan fingerprint density at radius 2 is 1.56 bits per heavy atom. The highest BCUT2D eigenvalue weighted by atomic mass is 32.2. The van der Waals surface area contributed by atoms with E-state index in [0.717, 1.165) is 22.3 Å². The molecule has 182 valence electrons. The summed E-state index contributed by atoms with van der Waals surface area (Å²) in [6.07, 6.45) is -0.724. The fourth-order valence-electron chi connectivity index (χ4n) is 4.14. The van der Waals surface area contributed by atoms with Crippen molar-refractivity contribution < 1.29 is 37.2 Å². The largest absolute Gasteiger partial charge is 0.480 e. The van der Waals surface area contributed by atoms with Gasteiger partial charge in [-0.15, -0.1) is 0 Å². The molecule has 0 aromatic heterocycles. The summed E-state index contributed by atoms with van der Waals surface area (Å²) in [4.78, 5) is 37.6. The maximum absolute atomic E-state index is 12.9. The van der Waals surface area contributed by atoms with Gasteiger partial charge in [-0.3, -0.25) is 9.35 Å². The van der Waals surface area contributed by atoms with Crippen LogP contribution in [0.1, 0.15) is 36.3 Å². The molecule has 11 heteroatoms. The predicted molar refractivity (Wildman–Crippen MR) is 123 cm³/mol. The minimum absolute atomic E-state index is 0.145. The smallest absolute Gasteiger partial charge is 0.417 e. The quantitative estimate of drug-likeness (QED) is 0.334.